The van der Waals surface area contributed by atoms with Crippen LogP contribution in [-0.2, 0) is 25.8 Å². The van der Waals surface area contributed by atoms with E-state index in [4.69, 9.17) is 0 Å². The number of aryl methyl sites for hydroxylation is 1. The zero-order valence-electron chi connectivity index (χ0n) is 17.2. The van der Waals surface area contributed by atoms with E-state index in [1.807, 2.05) is 36.6 Å². The van der Waals surface area contributed by atoms with E-state index in [0.717, 1.165) is 21.8 Å². The number of hydrogen-bond acceptors (Lipinski definition) is 7. The zero-order chi connectivity index (χ0) is 22.0. The van der Waals surface area contributed by atoms with Gasteiger partial charge >= 0.3 is 0 Å². The summed E-state index contributed by atoms with van der Waals surface area (Å²) >= 11 is 1.62. The summed E-state index contributed by atoms with van der Waals surface area (Å²) in [6, 6.07) is 7.62. The number of hydrazone groups is 1. The first kappa shape index (κ1) is 21.6. The summed E-state index contributed by atoms with van der Waals surface area (Å²) in [5.74, 6) is -0.575. The van der Waals surface area contributed by atoms with Gasteiger partial charge in [0.05, 0.1) is 28.2 Å². The van der Waals surface area contributed by atoms with Crippen LogP contribution in [0.15, 0.2) is 34.7 Å². The lowest BCUT2D eigenvalue weighted by atomic mass is 10.1. The van der Waals surface area contributed by atoms with Crippen molar-refractivity contribution in [3.63, 3.8) is 0 Å². The molecule has 0 radical (unpaired) electrons. The maximum absolute atomic E-state index is 12.5. The molecule has 31 heavy (non-hydrogen) atoms. The lowest BCUT2D eigenvalue weighted by molar-refractivity contribution is -0.133. The van der Waals surface area contributed by atoms with Crippen molar-refractivity contribution in [2.45, 2.75) is 38.6 Å². The highest BCUT2D eigenvalue weighted by Gasteiger charge is 2.37. The van der Waals surface area contributed by atoms with Crippen molar-refractivity contribution in [2.75, 3.05) is 18.1 Å². The van der Waals surface area contributed by atoms with Gasteiger partial charge in [-0.05, 0) is 25.3 Å². The van der Waals surface area contributed by atoms with Gasteiger partial charge in [-0.1, -0.05) is 24.3 Å². The minimum absolute atomic E-state index is 0.0549. The summed E-state index contributed by atoms with van der Waals surface area (Å²) in [4.78, 5) is 29.2. The number of carbonyl (C=O) groups is 2. The molecule has 1 atom stereocenters. The highest BCUT2D eigenvalue weighted by atomic mass is 32.2. The Morgan fingerprint density at radius 3 is 2.68 bits per heavy atom. The van der Waals surface area contributed by atoms with Gasteiger partial charge < -0.3 is 5.32 Å². The molecule has 0 saturated carbocycles. The molecular formula is C21H24N4O4S2. The number of thiazole rings is 1. The second-order valence-electron chi connectivity index (χ2n) is 7.80. The Morgan fingerprint density at radius 2 is 2.03 bits per heavy atom. The van der Waals surface area contributed by atoms with Crippen LogP contribution in [0.5, 0.6) is 0 Å². The molecule has 0 bridgehead atoms. The van der Waals surface area contributed by atoms with Crippen molar-refractivity contribution in [1.82, 2.24) is 15.3 Å². The predicted octanol–water partition coefficient (Wildman–Crippen LogP) is 1.94. The van der Waals surface area contributed by atoms with E-state index < -0.39 is 15.9 Å². The Balaban J connectivity index is 1.32. The number of hydrogen-bond donors (Lipinski definition) is 1. The SMILES string of the molecule is Cc1nc(-c2ccc(CCNC(=O)C3=NN(C4CCS(=O)(=O)C4)C(=O)CC3)cc2)cs1. The van der Waals surface area contributed by atoms with Gasteiger partial charge in [0, 0.05) is 30.3 Å². The first-order valence-electron chi connectivity index (χ1n) is 10.2. The van der Waals surface area contributed by atoms with Gasteiger partial charge in [-0.3, -0.25) is 9.59 Å². The maximum Gasteiger partial charge on any atom is 0.267 e. The minimum Gasteiger partial charge on any atom is -0.351 e. The molecular weight excluding hydrogens is 436 g/mol. The van der Waals surface area contributed by atoms with Crippen LogP contribution in [0.1, 0.15) is 29.8 Å². The monoisotopic (exact) mass is 460 g/mol. The average Bonchev–Trinajstić information content (AvgIpc) is 3.33. The molecule has 0 spiro atoms. The van der Waals surface area contributed by atoms with Crippen LogP contribution < -0.4 is 5.32 Å². The summed E-state index contributed by atoms with van der Waals surface area (Å²) in [6.45, 7) is 2.42. The van der Waals surface area contributed by atoms with Gasteiger partial charge in [0.25, 0.3) is 5.91 Å². The second kappa shape index (κ2) is 8.88. The van der Waals surface area contributed by atoms with E-state index in [2.05, 4.69) is 15.4 Å². The molecule has 2 aliphatic heterocycles. The molecule has 1 N–H and O–H groups in total. The third-order valence-corrected chi connectivity index (χ3v) is 7.97. The summed E-state index contributed by atoms with van der Waals surface area (Å²) in [7, 11) is -3.14. The van der Waals surface area contributed by atoms with Gasteiger partial charge in [0.2, 0.25) is 5.91 Å². The van der Waals surface area contributed by atoms with E-state index in [1.54, 1.807) is 11.3 Å². The lowest BCUT2D eigenvalue weighted by Crippen LogP contribution is -2.44. The van der Waals surface area contributed by atoms with Crippen LogP contribution in [0.25, 0.3) is 11.3 Å². The number of nitrogens with one attached hydrogen (secondary N) is 1. The number of nitrogens with zero attached hydrogens (tertiary/aromatic N) is 3. The maximum atomic E-state index is 12.5. The summed E-state index contributed by atoms with van der Waals surface area (Å²) in [5.41, 5.74) is 3.40. The highest BCUT2D eigenvalue weighted by molar-refractivity contribution is 7.91. The number of rotatable bonds is 6. The first-order chi connectivity index (χ1) is 14.8. The van der Waals surface area contributed by atoms with Crippen molar-refractivity contribution in [1.29, 1.82) is 0 Å². The van der Waals surface area contributed by atoms with Crippen LogP contribution >= 0.6 is 11.3 Å². The van der Waals surface area contributed by atoms with Gasteiger partial charge in [-0.2, -0.15) is 5.10 Å². The molecule has 2 amide bonds. The molecule has 8 nitrogen and oxygen atoms in total. The average molecular weight is 461 g/mol. The zero-order valence-corrected chi connectivity index (χ0v) is 18.8. The Hall–Kier alpha value is -2.59. The van der Waals surface area contributed by atoms with Crippen LogP contribution in [0, 0.1) is 6.92 Å². The molecule has 0 aliphatic carbocycles. The van der Waals surface area contributed by atoms with Crippen molar-refractivity contribution in [3.05, 3.63) is 40.2 Å². The fourth-order valence-electron chi connectivity index (χ4n) is 3.75. The fourth-order valence-corrected chi connectivity index (χ4v) is 6.06. The largest absolute Gasteiger partial charge is 0.351 e. The molecule has 1 unspecified atom stereocenters. The predicted molar refractivity (Wildman–Crippen MR) is 120 cm³/mol. The minimum atomic E-state index is -3.14. The molecule has 164 valence electrons. The number of carbonyl (C=O) groups excluding carboxylic acids is 2. The van der Waals surface area contributed by atoms with Gasteiger partial charge in [-0.25, -0.2) is 18.4 Å². The molecule has 2 aromatic rings. The third kappa shape index (κ3) is 5.19. The Labute approximate surface area is 185 Å². The third-order valence-electron chi connectivity index (χ3n) is 5.44. The second-order valence-corrected chi connectivity index (χ2v) is 11.1. The Morgan fingerprint density at radius 1 is 1.26 bits per heavy atom. The molecule has 4 rings (SSSR count). The van der Waals surface area contributed by atoms with E-state index >= 15 is 0 Å². The van der Waals surface area contributed by atoms with Gasteiger partial charge in [0.1, 0.15) is 5.71 Å². The number of benzene rings is 1. The molecule has 10 heteroatoms. The normalized spacial score (nSPS) is 20.5. The topological polar surface area (TPSA) is 109 Å². The lowest BCUT2D eigenvalue weighted by Gasteiger charge is -2.27. The number of amides is 2. The quantitative estimate of drug-likeness (QED) is 0.709. The van der Waals surface area contributed by atoms with Gasteiger partial charge in [0.15, 0.2) is 9.84 Å². The van der Waals surface area contributed by atoms with Crippen LogP contribution in [0.4, 0.5) is 0 Å². The molecule has 1 fully saturated rings. The first-order valence-corrected chi connectivity index (χ1v) is 12.9. The van der Waals surface area contributed by atoms with E-state index in [0.29, 0.717) is 19.4 Å². The van der Waals surface area contributed by atoms with E-state index in [-0.39, 0.29) is 41.9 Å². The molecule has 3 heterocycles. The van der Waals surface area contributed by atoms with Crippen LogP contribution in [0.3, 0.4) is 0 Å². The summed E-state index contributed by atoms with van der Waals surface area (Å²) in [6.07, 6.45) is 1.46. The standard InChI is InChI=1S/C21H24N4O4S2/c1-14-23-19(12-30-14)16-4-2-15(3-5-16)8-10-22-21(27)18-6-7-20(26)25(24-18)17-9-11-31(28,29)13-17/h2-5,12,17H,6-11,13H2,1H3,(H,22,27). The van der Waals surface area contributed by atoms with Crippen molar-refractivity contribution in [3.8, 4) is 11.3 Å². The smallest absolute Gasteiger partial charge is 0.267 e. The highest BCUT2D eigenvalue weighted by Crippen LogP contribution is 2.23. The molecule has 2 aliphatic rings. The number of sulfone groups is 1. The summed E-state index contributed by atoms with van der Waals surface area (Å²) < 4.78 is 23.4. The molecule has 1 aromatic carbocycles. The molecule has 1 saturated heterocycles. The fraction of sp³-hybridized carbons (Fsp3) is 0.429. The summed E-state index contributed by atoms with van der Waals surface area (Å²) in [5, 5.41) is 11.3. The Kier molecular flexibility index (Phi) is 6.19. The Bertz CT molecular complexity index is 1120. The van der Waals surface area contributed by atoms with Crippen molar-refractivity contribution < 1.29 is 18.0 Å². The van der Waals surface area contributed by atoms with Crippen LogP contribution in [0.2, 0.25) is 0 Å². The van der Waals surface area contributed by atoms with Gasteiger partial charge in [-0.15, -0.1) is 11.3 Å². The van der Waals surface area contributed by atoms with Crippen LogP contribution in [-0.4, -0.2) is 60.0 Å². The van der Waals surface area contributed by atoms with Crippen molar-refractivity contribution in [2.24, 2.45) is 5.10 Å². The van der Waals surface area contributed by atoms with E-state index in [1.165, 1.54) is 5.01 Å². The van der Waals surface area contributed by atoms with Crippen molar-refractivity contribution >= 4 is 38.7 Å². The number of aromatic nitrogens is 1. The van der Waals surface area contributed by atoms with E-state index in [9.17, 15) is 18.0 Å². The molecule has 1 aromatic heterocycles.